The van der Waals surface area contributed by atoms with Gasteiger partial charge in [0.1, 0.15) is 23.2 Å². The van der Waals surface area contributed by atoms with Crippen LogP contribution in [0.15, 0.2) is 60.7 Å². The first kappa shape index (κ1) is 22.4. The van der Waals surface area contributed by atoms with Gasteiger partial charge in [0.15, 0.2) is 0 Å². The van der Waals surface area contributed by atoms with Crippen LogP contribution in [0, 0.1) is 11.2 Å². The first-order valence-corrected chi connectivity index (χ1v) is 9.64. The van der Waals surface area contributed by atoms with Crippen LogP contribution in [0.25, 0.3) is 16.8 Å². The number of amidine groups is 1. The molecule has 0 radical (unpaired) electrons. The Bertz CT molecular complexity index is 1220. The number of carboxylic acid groups (broad SMARTS) is 1. The first-order chi connectivity index (χ1) is 15.2. The molecule has 0 bridgehead atoms. The van der Waals surface area contributed by atoms with Crippen LogP contribution in [-0.4, -0.2) is 27.1 Å². The molecule has 32 heavy (non-hydrogen) atoms. The zero-order chi connectivity index (χ0) is 23.4. The van der Waals surface area contributed by atoms with Gasteiger partial charge in [-0.2, -0.15) is 0 Å². The van der Waals surface area contributed by atoms with Gasteiger partial charge in [0, 0.05) is 33.6 Å². The van der Waals surface area contributed by atoms with Crippen molar-refractivity contribution in [2.45, 2.75) is 13.3 Å². The van der Waals surface area contributed by atoms with E-state index < -0.39 is 11.8 Å². The highest BCUT2D eigenvalue weighted by molar-refractivity contribution is 5.95. The van der Waals surface area contributed by atoms with E-state index in [4.69, 9.17) is 11.1 Å². The molecule has 7 N–H and O–H groups in total. The number of phenols is 2. The van der Waals surface area contributed by atoms with Gasteiger partial charge in [0.25, 0.3) is 0 Å². The Hall–Kier alpha value is -4.33. The van der Waals surface area contributed by atoms with E-state index in [2.05, 4.69) is 5.32 Å². The number of anilines is 1. The van der Waals surface area contributed by atoms with Crippen LogP contribution in [0.1, 0.15) is 23.6 Å². The quantitative estimate of drug-likeness (QED) is 0.242. The molecule has 3 rings (SSSR count). The maximum absolute atomic E-state index is 13.8. The molecule has 0 saturated carbocycles. The fourth-order valence-electron chi connectivity index (χ4n) is 3.29. The minimum Gasteiger partial charge on any atom is -0.507 e. The fraction of sp³-hybridized carbons (Fsp3) is 0.0833. The Morgan fingerprint density at radius 1 is 1.09 bits per heavy atom. The van der Waals surface area contributed by atoms with Gasteiger partial charge in [-0.1, -0.05) is 6.08 Å². The molecule has 0 aliphatic rings. The van der Waals surface area contributed by atoms with Gasteiger partial charge in [0.05, 0.1) is 6.42 Å². The van der Waals surface area contributed by atoms with E-state index in [0.717, 1.165) is 12.1 Å². The minimum absolute atomic E-state index is 0.0391. The van der Waals surface area contributed by atoms with E-state index in [1.807, 2.05) is 0 Å². The summed E-state index contributed by atoms with van der Waals surface area (Å²) in [6, 6.07) is 13.0. The number of allylic oxidation sites excluding steroid dienone is 1. The Morgan fingerprint density at radius 2 is 1.78 bits per heavy atom. The number of aromatic hydroxyl groups is 2. The molecule has 8 heteroatoms. The molecule has 0 aliphatic carbocycles. The number of hydrogen-bond acceptors (Lipinski definition) is 5. The predicted molar refractivity (Wildman–Crippen MR) is 121 cm³/mol. The summed E-state index contributed by atoms with van der Waals surface area (Å²) in [5.74, 6) is -2.26. The Balaban J connectivity index is 2.11. The summed E-state index contributed by atoms with van der Waals surface area (Å²) in [6.45, 7) is 1.73. The lowest BCUT2D eigenvalue weighted by Crippen LogP contribution is -2.10. The number of carbonyl (C=O) groups is 1. The molecule has 0 unspecified atom stereocenters. The molecule has 0 heterocycles. The minimum atomic E-state index is -1.08. The molecule has 0 saturated heterocycles. The lowest BCUT2D eigenvalue weighted by molar-refractivity contribution is -0.136. The molecule has 0 aromatic heterocycles. The van der Waals surface area contributed by atoms with Crippen molar-refractivity contribution in [1.82, 2.24) is 0 Å². The molecule has 3 aromatic carbocycles. The third-order valence-corrected chi connectivity index (χ3v) is 4.83. The highest BCUT2D eigenvalue weighted by Gasteiger charge is 2.19. The maximum Gasteiger partial charge on any atom is 0.307 e. The lowest BCUT2D eigenvalue weighted by Gasteiger charge is -2.18. The molecule has 7 nitrogen and oxygen atoms in total. The highest BCUT2D eigenvalue weighted by atomic mass is 19.1. The number of nitrogens with two attached hydrogens (primary N) is 1. The van der Waals surface area contributed by atoms with Crippen LogP contribution in [0.3, 0.4) is 0 Å². The number of aliphatic carboxylic acids is 1. The van der Waals surface area contributed by atoms with Crippen molar-refractivity contribution in [2.75, 3.05) is 5.32 Å². The van der Waals surface area contributed by atoms with Gasteiger partial charge in [-0.05, 0) is 67.1 Å². The molecule has 0 atom stereocenters. The van der Waals surface area contributed by atoms with Crippen LogP contribution >= 0.6 is 0 Å². The van der Waals surface area contributed by atoms with Crippen LogP contribution in [-0.2, 0) is 11.2 Å². The highest BCUT2D eigenvalue weighted by Crippen LogP contribution is 2.41. The second-order valence-electron chi connectivity index (χ2n) is 7.09. The Labute approximate surface area is 183 Å². The van der Waals surface area contributed by atoms with Crippen molar-refractivity contribution in [2.24, 2.45) is 5.73 Å². The van der Waals surface area contributed by atoms with Gasteiger partial charge in [-0.25, -0.2) is 4.39 Å². The van der Waals surface area contributed by atoms with E-state index in [9.17, 15) is 24.5 Å². The maximum atomic E-state index is 13.8. The van der Waals surface area contributed by atoms with Crippen LogP contribution in [0.2, 0.25) is 0 Å². The number of rotatable bonds is 7. The molecular formula is C24H22FN3O4. The second-order valence-corrected chi connectivity index (χ2v) is 7.09. The van der Waals surface area contributed by atoms with Crippen LogP contribution in [0.4, 0.5) is 10.1 Å². The summed E-state index contributed by atoms with van der Waals surface area (Å²) in [7, 11) is 0. The van der Waals surface area contributed by atoms with Gasteiger partial charge >= 0.3 is 5.97 Å². The SMILES string of the molecule is C/C=C(\Nc1ccc(C(=N)N)cc1)c1cc(CC(=O)O)cc(-c2cc(F)ccc2O)c1O. The van der Waals surface area contributed by atoms with E-state index in [1.54, 1.807) is 37.3 Å². The predicted octanol–water partition coefficient (Wildman–Crippen LogP) is 4.29. The lowest BCUT2D eigenvalue weighted by atomic mass is 9.94. The fourth-order valence-corrected chi connectivity index (χ4v) is 3.29. The smallest absolute Gasteiger partial charge is 0.307 e. The number of hydrogen-bond donors (Lipinski definition) is 6. The Kier molecular flexibility index (Phi) is 6.44. The standard InChI is InChI=1S/C24H22FN3O4/c1-2-20(28-16-6-3-14(4-7-16)24(26)27)19-10-13(11-22(30)31)9-18(23(19)32)17-12-15(25)5-8-21(17)29/h2-10,12,28-29,32H,11H2,1H3,(H3,26,27)(H,30,31)/b20-2-. The largest absolute Gasteiger partial charge is 0.507 e. The molecular weight excluding hydrogens is 413 g/mol. The molecule has 0 aliphatic heterocycles. The Morgan fingerprint density at radius 3 is 2.38 bits per heavy atom. The zero-order valence-electron chi connectivity index (χ0n) is 17.2. The zero-order valence-corrected chi connectivity index (χ0v) is 17.2. The van der Waals surface area contributed by atoms with Crippen molar-refractivity contribution in [3.8, 4) is 22.6 Å². The molecule has 0 spiro atoms. The molecule has 3 aromatic rings. The van der Waals surface area contributed by atoms with E-state index in [0.29, 0.717) is 22.5 Å². The summed E-state index contributed by atoms with van der Waals surface area (Å²) >= 11 is 0. The van der Waals surface area contributed by atoms with Crippen molar-refractivity contribution in [3.05, 3.63) is 83.2 Å². The number of nitrogens with one attached hydrogen (secondary N) is 2. The van der Waals surface area contributed by atoms with Gasteiger partial charge in [-0.3, -0.25) is 10.2 Å². The number of phenolic OH excluding ortho intramolecular Hbond substituents is 2. The summed E-state index contributed by atoms with van der Waals surface area (Å²) in [5, 5.41) is 41.1. The summed E-state index contributed by atoms with van der Waals surface area (Å²) in [4.78, 5) is 11.3. The van der Waals surface area contributed by atoms with Gasteiger partial charge < -0.3 is 26.4 Å². The summed E-state index contributed by atoms with van der Waals surface area (Å²) in [6.07, 6.45) is 1.36. The third kappa shape index (κ3) is 4.86. The number of nitrogen functional groups attached to an aromatic ring is 1. The molecule has 0 fully saturated rings. The summed E-state index contributed by atoms with van der Waals surface area (Å²) < 4.78 is 13.8. The number of carboxylic acids is 1. The third-order valence-electron chi connectivity index (χ3n) is 4.83. The number of benzene rings is 3. The summed E-state index contributed by atoms with van der Waals surface area (Å²) in [5.41, 5.74) is 7.90. The van der Waals surface area contributed by atoms with E-state index in [1.165, 1.54) is 18.2 Å². The first-order valence-electron chi connectivity index (χ1n) is 9.64. The van der Waals surface area contributed by atoms with Crippen molar-refractivity contribution in [3.63, 3.8) is 0 Å². The van der Waals surface area contributed by atoms with Crippen molar-refractivity contribution in [1.29, 1.82) is 5.41 Å². The van der Waals surface area contributed by atoms with Crippen LogP contribution < -0.4 is 11.1 Å². The topological polar surface area (TPSA) is 140 Å². The molecule has 0 amide bonds. The molecule has 164 valence electrons. The van der Waals surface area contributed by atoms with Gasteiger partial charge in [0.2, 0.25) is 0 Å². The van der Waals surface area contributed by atoms with Gasteiger partial charge in [-0.15, -0.1) is 0 Å². The van der Waals surface area contributed by atoms with Crippen molar-refractivity contribution < 1.29 is 24.5 Å². The average Bonchev–Trinajstić information content (AvgIpc) is 2.75. The second kappa shape index (κ2) is 9.22. The van der Waals surface area contributed by atoms with E-state index >= 15 is 0 Å². The number of halogens is 1. The average molecular weight is 435 g/mol. The normalized spacial score (nSPS) is 11.2. The monoisotopic (exact) mass is 435 g/mol. The van der Waals surface area contributed by atoms with E-state index in [-0.39, 0.29) is 40.4 Å². The van der Waals surface area contributed by atoms with Crippen LogP contribution in [0.5, 0.6) is 11.5 Å². The van der Waals surface area contributed by atoms with Crippen molar-refractivity contribution >= 4 is 23.2 Å².